The molecule has 1 saturated carbocycles. The summed E-state index contributed by atoms with van der Waals surface area (Å²) in [6.45, 7) is 2.39. The fourth-order valence-corrected chi connectivity index (χ4v) is 2.78. The lowest BCUT2D eigenvalue weighted by molar-refractivity contribution is -0.137. The van der Waals surface area contributed by atoms with Gasteiger partial charge in [-0.25, -0.2) is 0 Å². The van der Waals surface area contributed by atoms with Gasteiger partial charge in [-0.3, -0.25) is 4.79 Å². The van der Waals surface area contributed by atoms with Gasteiger partial charge in [0.25, 0.3) is 5.91 Å². The van der Waals surface area contributed by atoms with Crippen molar-refractivity contribution >= 4 is 5.91 Å². The van der Waals surface area contributed by atoms with Gasteiger partial charge in [-0.15, -0.1) is 0 Å². The summed E-state index contributed by atoms with van der Waals surface area (Å²) < 4.78 is 38.1. The molecule has 110 valence electrons. The first-order chi connectivity index (χ1) is 9.43. The molecule has 0 heterocycles. The largest absolute Gasteiger partial charge is 0.416 e. The third-order valence-corrected chi connectivity index (χ3v) is 3.80. The molecule has 5 heteroatoms. The average molecular weight is 285 g/mol. The Hall–Kier alpha value is -1.52. The predicted molar refractivity (Wildman–Crippen MR) is 70.4 cm³/mol. The molecule has 0 unspecified atom stereocenters. The number of nitrogens with zero attached hydrogens (tertiary/aromatic N) is 1. The molecule has 0 saturated heterocycles. The number of benzene rings is 1. The van der Waals surface area contributed by atoms with Crippen molar-refractivity contribution in [3.05, 3.63) is 35.4 Å². The van der Waals surface area contributed by atoms with Crippen LogP contribution in [0.15, 0.2) is 24.3 Å². The summed E-state index contributed by atoms with van der Waals surface area (Å²) in [5.41, 5.74) is -0.653. The zero-order valence-corrected chi connectivity index (χ0v) is 11.4. The van der Waals surface area contributed by atoms with Gasteiger partial charge < -0.3 is 4.90 Å². The first kappa shape index (κ1) is 14.9. The molecule has 1 aromatic rings. The second kappa shape index (κ2) is 5.85. The maximum atomic E-state index is 12.7. The number of carbonyl (C=O) groups is 1. The fourth-order valence-electron chi connectivity index (χ4n) is 2.78. The summed E-state index contributed by atoms with van der Waals surface area (Å²) in [5, 5.41) is 0. The minimum atomic E-state index is -4.42. The Balaban J connectivity index is 2.23. The highest BCUT2D eigenvalue weighted by molar-refractivity contribution is 5.94. The molecule has 1 aromatic carbocycles. The zero-order valence-electron chi connectivity index (χ0n) is 11.4. The third-order valence-electron chi connectivity index (χ3n) is 3.80. The van der Waals surface area contributed by atoms with E-state index >= 15 is 0 Å². The van der Waals surface area contributed by atoms with Crippen LogP contribution >= 0.6 is 0 Å². The number of hydrogen-bond acceptors (Lipinski definition) is 1. The number of hydrogen-bond donors (Lipinski definition) is 0. The van der Waals surface area contributed by atoms with Gasteiger partial charge in [-0.1, -0.05) is 18.9 Å². The molecule has 0 N–H and O–H groups in total. The van der Waals surface area contributed by atoms with E-state index in [-0.39, 0.29) is 17.5 Å². The van der Waals surface area contributed by atoms with Crippen LogP contribution in [0.25, 0.3) is 0 Å². The topological polar surface area (TPSA) is 20.3 Å². The Morgan fingerprint density at radius 2 is 1.95 bits per heavy atom. The molecular formula is C15H18F3NO. The second-order valence-corrected chi connectivity index (χ2v) is 5.11. The van der Waals surface area contributed by atoms with Crippen LogP contribution in [-0.2, 0) is 6.18 Å². The average Bonchev–Trinajstić information content (AvgIpc) is 2.92. The van der Waals surface area contributed by atoms with Gasteiger partial charge in [0, 0.05) is 18.2 Å². The quantitative estimate of drug-likeness (QED) is 0.818. The molecule has 1 amide bonds. The lowest BCUT2D eigenvalue weighted by Crippen LogP contribution is -2.38. The van der Waals surface area contributed by atoms with Gasteiger partial charge in [0.2, 0.25) is 0 Å². The fraction of sp³-hybridized carbons (Fsp3) is 0.533. The van der Waals surface area contributed by atoms with Crippen molar-refractivity contribution in [1.29, 1.82) is 0 Å². The van der Waals surface area contributed by atoms with Gasteiger partial charge >= 0.3 is 6.18 Å². The highest BCUT2D eigenvalue weighted by Gasteiger charge is 2.32. The van der Waals surface area contributed by atoms with Crippen LogP contribution < -0.4 is 0 Å². The first-order valence-electron chi connectivity index (χ1n) is 6.91. The van der Waals surface area contributed by atoms with E-state index in [1.54, 1.807) is 4.90 Å². The van der Waals surface area contributed by atoms with Crippen LogP contribution in [0.2, 0.25) is 0 Å². The standard InChI is InChI=1S/C15H18F3NO/c1-2-19(13-8-3-4-9-13)14(20)11-6-5-7-12(10-11)15(16,17)18/h5-7,10,13H,2-4,8-9H2,1H3. The van der Waals surface area contributed by atoms with Crippen molar-refractivity contribution in [3.8, 4) is 0 Å². The molecule has 0 aromatic heterocycles. The Morgan fingerprint density at radius 3 is 2.50 bits per heavy atom. The van der Waals surface area contributed by atoms with Gasteiger partial charge in [0.1, 0.15) is 0 Å². The molecule has 0 spiro atoms. The Bertz CT molecular complexity index is 478. The molecular weight excluding hydrogens is 267 g/mol. The van der Waals surface area contributed by atoms with Crippen LogP contribution in [0.1, 0.15) is 48.5 Å². The van der Waals surface area contributed by atoms with Crippen molar-refractivity contribution in [2.75, 3.05) is 6.54 Å². The maximum Gasteiger partial charge on any atom is 0.416 e. The Kier molecular flexibility index (Phi) is 4.35. The molecule has 2 rings (SSSR count). The van der Waals surface area contributed by atoms with Gasteiger partial charge in [0.05, 0.1) is 5.56 Å². The minimum absolute atomic E-state index is 0.119. The van der Waals surface area contributed by atoms with E-state index < -0.39 is 11.7 Å². The first-order valence-corrected chi connectivity index (χ1v) is 6.91. The highest BCUT2D eigenvalue weighted by Crippen LogP contribution is 2.30. The van der Waals surface area contributed by atoms with Crippen molar-refractivity contribution in [2.24, 2.45) is 0 Å². The van der Waals surface area contributed by atoms with Crippen molar-refractivity contribution < 1.29 is 18.0 Å². The lowest BCUT2D eigenvalue weighted by Gasteiger charge is -2.28. The lowest BCUT2D eigenvalue weighted by atomic mass is 10.1. The summed E-state index contributed by atoms with van der Waals surface area (Å²) in [4.78, 5) is 14.1. The smallest absolute Gasteiger partial charge is 0.336 e. The van der Waals surface area contributed by atoms with E-state index in [1.165, 1.54) is 12.1 Å². The van der Waals surface area contributed by atoms with E-state index in [2.05, 4.69) is 0 Å². The van der Waals surface area contributed by atoms with E-state index in [0.717, 1.165) is 37.8 Å². The number of rotatable bonds is 3. The number of halogens is 3. The molecule has 0 aliphatic heterocycles. The van der Waals surface area contributed by atoms with Gasteiger partial charge in [-0.05, 0) is 38.0 Å². The van der Waals surface area contributed by atoms with E-state index in [0.29, 0.717) is 6.54 Å². The van der Waals surface area contributed by atoms with Crippen molar-refractivity contribution in [3.63, 3.8) is 0 Å². The van der Waals surface area contributed by atoms with Crippen LogP contribution in [0.5, 0.6) is 0 Å². The van der Waals surface area contributed by atoms with Crippen LogP contribution in [0, 0.1) is 0 Å². The Labute approximate surface area is 116 Å². The number of alkyl halides is 3. The summed E-state index contributed by atoms with van der Waals surface area (Å²) in [6, 6.07) is 4.85. The number of carbonyl (C=O) groups excluding carboxylic acids is 1. The minimum Gasteiger partial charge on any atom is -0.336 e. The van der Waals surface area contributed by atoms with Gasteiger partial charge in [-0.2, -0.15) is 13.2 Å². The summed E-state index contributed by atoms with van der Waals surface area (Å²) in [7, 11) is 0. The molecule has 20 heavy (non-hydrogen) atoms. The molecule has 1 aliphatic rings. The van der Waals surface area contributed by atoms with E-state index in [4.69, 9.17) is 0 Å². The summed E-state index contributed by atoms with van der Waals surface area (Å²) in [6.07, 6.45) is -0.369. The highest BCUT2D eigenvalue weighted by atomic mass is 19.4. The zero-order chi connectivity index (χ0) is 14.8. The number of amides is 1. The second-order valence-electron chi connectivity index (χ2n) is 5.11. The summed E-state index contributed by atoms with van der Waals surface area (Å²) >= 11 is 0. The molecule has 2 nitrogen and oxygen atoms in total. The van der Waals surface area contributed by atoms with E-state index in [9.17, 15) is 18.0 Å². The van der Waals surface area contributed by atoms with Crippen LogP contribution in [-0.4, -0.2) is 23.4 Å². The maximum absolute atomic E-state index is 12.7. The molecule has 1 aliphatic carbocycles. The normalized spacial score (nSPS) is 16.4. The van der Waals surface area contributed by atoms with E-state index in [1.807, 2.05) is 6.92 Å². The van der Waals surface area contributed by atoms with Crippen molar-refractivity contribution in [2.45, 2.75) is 44.8 Å². The SMILES string of the molecule is CCN(C(=O)c1cccc(C(F)(F)F)c1)C1CCCC1. The molecule has 0 atom stereocenters. The Morgan fingerprint density at radius 1 is 1.30 bits per heavy atom. The monoisotopic (exact) mass is 285 g/mol. The molecule has 1 fully saturated rings. The van der Waals surface area contributed by atoms with Crippen molar-refractivity contribution in [1.82, 2.24) is 4.90 Å². The van der Waals surface area contributed by atoms with Crippen LogP contribution in [0.3, 0.4) is 0 Å². The predicted octanol–water partition coefficient (Wildman–Crippen LogP) is 4.11. The third kappa shape index (κ3) is 3.14. The molecule has 0 bridgehead atoms. The summed E-state index contributed by atoms with van der Waals surface area (Å²) in [5.74, 6) is -0.300. The molecule has 0 radical (unpaired) electrons. The van der Waals surface area contributed by atoms with Gasteiger partial charge in [0.15, 0.2) is 0 Å². The van der Waals surface area contributed by atoms with Crippen LogP contribution in [0.4, 0.5) is 13.2 Å².